The number of nitrogens with one attached hydrogen (secondary N) is 1. The predicted octanol–water partition coefficient (Wildman–Crippen LogP) is 4.21. The maximum absolute atomic E-state index is 14.5. The van der Waals surface area contributed by atoms with Crippen LogP contribution in [-0.2, 0) is 4.74 Å². The molecule has 0 radical (unpaired) electrons. The molecule has 1 saturated heterocycles. The number of pyridine rings is 2. The third kappa shape index (κ3) is 5.18. The summed E-state index contributed by atoms with van der Waals surface area (Å²) in [6.07, 6.45) is 5.92. The molecule has 1 N–H and O–H groups in total. The molecular formula is C27H31FN8O3. The van der Waals surface area contributed by atoms with Crippen LogP contribution in [0.3, 0.4) is 0 Å². The zero-order chi connectivity index (χ0) is 28.1. The van der Waals surface area contributed by atoms with Crippen LogP contribution in [0, 0.1) is 12.7 Å². The Balaban J connectivity index is 1.42. The van der Waals surface area contributed by atoms with Crippen molar-refractivity contribution >= 4 is 40.1 Å². The molecule has 0 aliphatic carbocycles. The lowest BCUT2D eigenvalue weighted by Gasteiger charge is -2.45. The fourth-order valence-corrected chi connectivity index (χ4v) is 5.00. The third-order valence-corrected chi connectivity index (χ3v) is 6.48. The molecule has 39 heavy (non-hydrogen) atoms. The second-order valence-corrected chi connectivity index (χ2v) is 10.9. The lowest BCUT2D eigenvalue weighted by molar-refractivity contribution is 0.00561. The van der Waals surface area contributed by atoms with Crippen LogP contribution >= 0.6 is 0 Å². The Hall–Kier alpha value is -4.35. The van der Waals surface area contributed by atoms with Crippen LogP contribution in [0.2, 0.25) is 0 Å². The number of nitrogens with zero attached hydrogens (tertiary/aromatic N) is 7. The Kier molecular flexibility index (Phi) is 6.57. The zero-order valence-corrected chi connectivity index (χ0v) is 22.8. The van der Waals surface area contributed by atoms with Crippen LogP contribution < -0.4 is 10.2 Å². The molecule has 12 heteroatoms. The number of hydrogen-bond donors (Lipinski definition) is 1. The highest BCUT2D eigenvalue weighted by Crippen LogP contribution is 2.30. The van der Waals surface area contributed by atoms with Crippen molar-refractivity contribution in [1.82, 2.24) is 29.5 Å². The van der Waals surface area contributed by atoms with E-state index in [0.717, 1.165) is 0 Å². The van der Waals surface area contributed by atoms with Crippen LogP contribution in [0.1, 0.15) is 50.7 Å². The van der Waals surface area contributed by atoms with Gasteiger partial charge in [-0.05, 0) is 47.6 Å². The van der Waals surface area contributed by atoms with Gasteiger partial charge in [0, 0.05) is 43.1 Å². The summed E-state index contributed by atoms with van der Waals surface area (Å²) in [6.45, 7) is 12.3. The molecule has 0 saturated carbocycles. The number of carbonyl (C=O) groups is 2. The van der Waals surface area contributed by atoms with Crippen molar-refractivity contribution in [1.29, 1.82) is 0 Å². The van der Waals surface area contributed by atoms with Crippen molar-refractivity contribution < 1.29 is 18.7 Å². The normalized spacial score (nSPS) is 18.0. The van der Waals surface area contributed by atoms with E-state index in [4.69, 9.17) is 4.74 Å². The summed E-state index contributed by atoms with van der Waals surface area (Å²) in [5.74, 6) is -0.403. The first kappa shape index (κ1) is 26.3. The molecule has 5 rings (SSSR count). The molecule has 11 nitrogen and oxygen atoms in total. The van der Waals surface area contributed by atoms with E-state index in [1.807, 2.05) is 34.6 Å². The second kappa shape index (κ2) is 9.75. The second-order valence-electron chi connectivity index (χ2n) is 10.9. The summed E-state index contributed by atoms with van der Waals surface area (Å²) in [5.41, 5.74) is 1.10. The first-order valence-corrected chi connectivity index (χ1v) is 12.7. The summed E-state index contributed by atoms with van der Waals surface area (Å²) in [4.78, 5) is 38.7. The predicted molar refractivity (Wildman–Crippen MR) is 144 cm³/mol. The van der Waals surface area contributed by atoms with E-state index in [0.29, 0.717) is 35.5 Å². The van der Waals surface area contributed by atoms with E-state index in [-0.39, 0.29) is 35.1 Å². The van der Waals surface area contributed by atoms with Gasteiger partial charge in [0.1, 0.15) is 16.9 Å². The number of aromatic nitrogens is 5. The molecule has 0 bridgehead atoms. The lowest BCUT2D eigenvalue weighted by Crippen LogP contribution is -2.59. The quantitative estimate of drug-likeness (QED) is 0.415. The van der Waals surface area contributed by atoms with Gasteiger partial charge in [-0.2, -0.15) is 5.10 Å². The highest BCUT2D eigenvalue weighted by Gasteiger charge is 2.36. The van der Waals surface area contributed by atoms with E-state index in [1.165, 1.54) is 16.7 Å². The van der Waals surface area contributed by atoms with Crippen molar-refractivity contribution in [2.75, 3.05) is 23.3 Å². The number of fused-ring (bicyclic) bond motifs is 2. The SMILES string of the molecule is Cc1cn2cc(NC(=O)c3cnc(N4C[C@@H](C)N(C(=O)OC(C)(C)C)[C@@H](C)C4)c4ccnnc34)cc(F)c2n1. The number of hydrogen-bond acceptors (Lipinski definition) is 8. The number of ether oxygens (including phenoxy) is 1. The minimum absolute atomic E-state index is 0.144. The van der Waals surface area contributed by atoms with Crippen molar-refractivity contribution in [2.24, 2.45) is 0 Å². The van der Waals surface area contributed by atoms with Gasteiger partial charge in [-0.1, -0.05) is 0 Å². The molecule has 0 spiro atoms. The number of imidazole rings is 1. The van der Waals surface area contributed by atoms with E-state index in [9.17, 15) is 14.0 Å². The number of rotatable bonds is 3. The maximum atomic E-state index is 14.5. The van der Waals surface area contributed by atoms with Crippen LogP contribution in [0.25, 0.3) is 16.6 Å². The number of carbonyl (C=O) groups excluding carboxylic acids is 2. The van der Waals surface area contributed by atoms with Gasteiger partial charge in [-0.3, -0.25) is 9.69 Å². The summed E-state index contributed by atoms with van der Waals surface area (Å²) < 4.78 is 21.7. The van der Waals surface area contributed by atoms with Crippen LogP contribution in [0.15, 0.2) is 36.9 Å². The maximum Gasteiger partial charge on any atom is 0.410 e. The smallest absolute Gasteiger partial charge is 0.410 e. The van der Waals surface area contributed by atoms with Gasteiger partial charge in [0.05, 0.1) is 35.2 Å². The molecule has 5 heterocycles. The summed E-state index contributed by atoms with van der Waals surface area (Å²) >= 11 is 0. The zero-order valence-electron chi connectivity index (χ0n) is 22.8. The van der Waals surface area contributed by atoms with Gasteiger partial charge in [0.2, 0.25) is 0 Å². The standard InChI is InChI=1S/C27H31FN8O3/c1-15-11-34-14-18(9-21(28)24(34)31-15)32-25(37)20-10-29-23(19-7-8-30-33-22(19)20)35-12-16(2)36(17(3)13-35)26(38)39-27(4,5)6/h7-11,14,16-17H,12-13H2,1-6H3,(H,32,37)/t16-,17+. The molecule has 4 aromatic rings. The minimum atomic E-state index is -0.588. The van der Waals surface area contributed by atoms with Gasteiger partial charge in [-0.25, -0.2) is 19.2 Å². The van der Waals surface area contributed by atoms with E-state index >= 15 is 0 Å². The van der Waals surface area contributed by atoms with Crippen molar-refractivity contribution in [3.8, 4) is 0 Å². The third-order valence-electron chi connectivity index (χ3n) is 6.48. The Bertz CT molecular complexity index is 1570. The summed E-state index contributed by atoms with van der Waals surface area (Å²) in [5, 5.41) is 11.6. The largest absolute Gasteiger partial charge is 0.444 e. The average Bonchev–Trinajstić information content (AvgIpc) is 3.22. The molecule has 1 fully saturated rings. The monoisotopic (exact) mass is 534 g/mol. The number of amides is 2. The Morgan fingerprint density at radius 1 is 1.15 bits per heavy atom. The van der Waals surface area contributed by atoms with E-state index in [2.05, 4.69) is 30.4 Å². The average molecular weight is 535 g/mol. The molecule has 204 valence electrons. The molecule has 0 aromatic carbocycles. The van der Waals surface area contributed by atoms with E-state index < -0.39 is 17.3 Å². The molecule has 1 aliphatic heterocycles. The van der Waals surface area contributed by atoms with Crippen LogP contribution in [0.5, 0.6) is 0 Å². The number of aryl methyl sites for hydroxylation is 1. The Morgan fingerprint density at radius 3 is 2.56 bits per heavy atom. The summed E-state index contributed by atoms with van der Waals surface area (Å²) in [7, 11) is 0. The number of anilines is 2. The highest BCUT2D eigenvalue weighted by molar-refractivity contribution is 6.13. The van der Waals surface area contributed by atoms with Gasteiger partial charge >= 0.3 is 6.09 Å². The molecule has 0 unspecified atom stereocenters. The molecular weight excluding hydrogens is 503 g/mol. The topological polar surface area (TPSA) is 118 Å². The number of piperazine rings is 1. The van der Waals surface area contributed by atoms with Crippen LogP contribution in [0.4, 0.5) is 20.7 Å². The first-order chi connectivity index (χ1) is 18.4. The van der Waals surface area contributed by atoms with Gasteiger partial charge in [0.25, 0.3) is 5.91 Å². The fraction of sp³-hybridized carbons (Fsp3) is 0.407. The van der Waals surface area contributed by atoms with Crippen molar-refractivity contribution in [3.05, 3.63) is 54.0 Å². The Morgan fingerprint density at radius 2 is 1.87 bits per heavy atom. The van der Waals surface area contributed by atoms with Crippen LogP contribution in [-0.4, -0.2) is 72.2 Å². The van der Waals surface area contributed by atoms with E-state index in [1.54, 1.807) is 36.5 Å². The Labute approximate surface area is 225 Å². The summed E-state index contributed by atoms with van der Waals surface area (Å²) in [6, 6.07) is 2.70. The lowest BCUT2D eigenvalue weighted by atomic mass is 10.1. The molecule has 4 aromatic heterocycles. The number of halogens is 1. The molecule has 2 atom stereocenters. The minimum Gasteiger partial charge on any atom is -0.444 e. The molecule has 2 amide bonds. The van der Waals surface area contributed by atoms with Crippen molar-refractivity contribution in [2.45, 2.75) is 59.2 Å². The van der Waals surface area contributed by atoms with Gasteiger partial charge < -0.3 is 19.4 Å². The highest BCUT2D eigenvalue weighted by atomic mass is 19.1. The van der Waals surface area contributed by atoms with Crippen molar-refractivity contribution in [3.63, 3.8) is 0 Å². The van der Waals surface area contributed by atoms with Gasteiger partial charge in [-0.15, -0.1) is 5.10 Å². The van der Waals surface area contributed by atoms with Gasteiger partial charge in [0.15, 0.2) is 11.5 Å². The first-order valence-electron chi connectivity index (χ1n) is 12.7. The fourth-order valence-electron chi connectivity index (χ4n) is 5.00. The molecule has 1 aliphatic rings.